The van der Waals surface area contributed by atoms with Crippen molar-refractivity contribution in [3.8, 4) is 0 Å². The van der Waals surface area contributed by atoms with E-state index in [0.717, 1.165) is 6.92 Å². The monoisotopic (exact) mass is 344 g/mol. The maximum Gasteiger partial charge on any atom is 0.353 e. The zero-order valence-corrected chi connectivity index (χ0v) is 13.6. The van der Waals surface area contributed by atoms with Gasteiger partial charge in [-0.1, -0.05) is 23.8 Å². The summed E-state index contributed by atoms with van der Waals surface area (Å²) in [5.74, 6) is -2.87. The quantitative estimate of drug-likeness (QED) is 0.493. The molecule has 2 aliphatic rings. The lowest BCUT2D eigenvalue weighted by Crippen LogP contribution is -2.26. The molecule has 0 radical (unpaired) electrons. The molecule has 0 aromatic carbocycles. The number of aldehydes is 1. The molecule has 2 nitrogen and oxygen atoms in total. The molecule has 0 saturated heterocycles. The first-order valence-electron chi connectivity index (χ1n) is 7.77. The van der Waals surface area contributed by atoms with Crippen molar-refractivity contribution in [3.63, 3.8) is 0 Å². The van der Waals surface area contributed by atoms with E-state index in [-0.39, 0.29) is 17.6 Å². The van der Waals surface area contributed by atoms with Gasteiger partial charge in [0.05, 0.1) is 6.10 Å². The second-order valence-corrected chi connectivity index (χ2v) is 6.31. The van der Waals surface area contributed by atoms with Gasteiger partial charge in [-0.05, 0) is 42.9 Å². The molecule has 132 valence electrons. The van der Waals surface area contributed by atoms with Crippen LogP contribution in [0.25, 0.3) is 0 Å². The highest BCUT2D eigenvalue weighted by atomic mass is 19.3. The molecule has 24 heavy (non-hydrogen) atoms. The minimum Gasteiger partial charge on any atom is -0.313 e. The summed E-state index contributed by atoms with van der Waals surface area (Å²) in [7, 11) is 0. The zero-order chi connectivity index (χ0) is 18.0. The lowest BCUT2D eigenvalue weighted by atomic mass is 9.88. The Hall–Kier alpha value is -1.69. The van der Waals surface area contributed by atoms with E-state index in [4.69, 9.17) is 0 Å². The molecule has 0 saturated carbocycles. The third-order valence-electron chi connectivity index (χ3n) is 3.88. The standard InChI is InChI=1S/C18H20F4O2/c1-17(19,20)15-5-3-4-12(8-15)6-13-7-14(11-23)10-16(9-13)24-18(2,21)22/h4,7-8,10-11,16H,3,5-6,9H2,1-2H3. The normalized spacial score (nSPS) is 22.3. The van der Waals surface area contributed by atoms with Crippen LogP contribution < -0.4 is 0 Å². The summed E-state index contributed by atoms with van der Waals surface area (Å²) in [5, 5.41) is 0. The van der Waals surface area contributed by atoms with E-state index < -0.39 is 18.1 Å². The van der Waals surface area contributed by atoms with E-state index in [0.29, 0.717) is 43.6 Å². The highest BCUT2D eigenvalue weighted by Crippen LogP contribution is 2.34. The fraction of sp³-hybridized carbons (Fsp3) is 0.500. The number of alkyl halides is 4. The van der Waals surface area contributed by atoms with E-state index in [1.54, 1.807) is 6.08 Å². The molecule has 6 heteroatoms. The smallest absolute Gasteiger partial charge is 0.313 e. The number of halogens is 4. The highest BCUT2D eigenvalue weighted by molar-refractivity contribution is 5.78. The van der Waals surface area contributed by atoms with E-state index in [9.17, 15) is 22.4 Å². The molecule has 0 aromatic rings. The van der Waals surface area contributed by atoms with Crippen molar-refractivity contribution in [1.82, 2.24) is 0 Å². The molecule has 0 fully saturated rings. The molecule has 1 atom stereocenters. The second-order valence-electron chi connectivity index (χ2n) is 6.31. The van der Waals surface area contributed by atoms with Gasteiger partial charge in [0.15, 0.2) is 0 Å². The van der Waals surface area contributed by atoms with Crippen molar-refractivity contribution < 1.29 is 27.1 Å². The van der Waals surface area contributed by atoms with Gasteiger partial charge >= 0.3 is 6.11 Å². The topological polar surface area (TPSA) is 26.3 Å². The summed E-state index contributed by atoms with van der Waals surface area (Å²) in [6.45, 7) is 1.50. The van der Waals surface area contributed by atoms with Gasteiger partial charge in [-0.25, -0.2) is 8.78 Å². The van der Waals surface area contributed by atoms with Crippen molar-refractivity contribution in [3.05, 3.63) is 46.6 Å². The van der Waals surface area contributed by atoms with Gasteiger partial charge in [-0.15, -0.1) is 0 Å². The van der Waals surface area contributed by atoms with Crippen LogP contribution >= 0.6 is 0 Å². The first-order chi connectivity index (χ1) is 11.1. The van der Waals surface area contributed by atoms with E-state index in [1.165, 1.54) is 12.2 Å². The fourth-order valence-electron chi connectivity index (χ4n) is 2.91. The van der Waals surface area contributed by atoms with Gasteiger partial charge in [-0.2, -0.15) is 8.78 Å². The van der Waals surface area contributed by atoms with Gasteiger partial charge in [0.1, 0.15) is 6.29 Å². The average Bonchev–Trinajstić information content (AvgIpc) is 2.44. The summed E-state index contributed by atoms with van der Waals surface area (Å²) < 4.78 is 57.6. The summed E-state index contributed by atoms with van der Waals surface area (Å²) in [5.41, 5.74) is 1.73. The number of allylic oxidation sites excluding steroid dienone is 6. The van der Waals surface area contributed by atoms with Crippen molar-refractivity contribution in [2.24, 2.45) is 0 Å². The van der Waals surface area contributed by atoms with Crippen molar-refractivity contribution >= 4 is 6.29 Å². The van der Waals surface area contributed by atoms with E-state index >= 15 is 0 Å². The van der Waals surface area contributed by atoms with Crippen LogP contribution in [0, 0.1) is 0 Å². The van der Waals surface area contributed by atoms with Crippen LogP contribution in [0.15, 0.2) is 46.6 Å². The molecule has 2 rings (SSSR count). The zero-order valence-electron chi connectivity index (χ0n) is 13.6. The van der Waals surface area contributed by atoms with Gasteiger partial charge in [0, 0.05) is 19.4 Å². The third kappa shape index (κ3) is 5.44. The first-order valence-corrected chi connectivity index (χ1v) is 7.77. The Morgan fingerprint density at radius 3 is 2.54 bits per heavy atom. The second kappa shape index (κ2) is 7.05. The van der Waals surface area contributed by atoms with Crippen LogP contribution in [0.2, 0.25) is 0 Å². The Morgan fingerprint density at radius 1 is 1.25 bits per heavy atom. The Morgan fingerprint density at radius 2 is 1.96 bits per heavy atom. The lowest BCUT2D eigenvalue weighted by molar-refractivity contribution is -0.240. The van der Waals surface area contributed by atoms with Crippen LogP contribution in [0.4, 0.5) is 17.6 Å². The first kappa shape index (κ1) is 18.6. The molecule has 0 heterocycles. The van der Waals surface area contributed by atoms with Crippen molar-refractivity contribution in [1.29, 1.82) is 0 Å². The molecule has 0 bridgehead atoms. The van der Waals surface area contributed by atoms with Crippen molar-refractivity contribution in [2.75, 3.05) is 0 Å². The minimum atomic E-state index is -3.31. The summed E-state index contributed by atoms with van der Waals surface area (Å²) in [6.07, 6.45) is 3.99. The Bertz CT molecular complexity index is 616. The Labute approximate surface area is 138 Å². The summed E-state index contributed by atoms with van der Waals surface area (Å²) in [6, 6.07) is 0. The van der Waals surface area contributed by atoms with E-state index in [1.807, 2.05) is 6.08 Å². The van der Waals surface area contributed by atoms with Crippen LogP contribution in [0.3, 0.4) is 0 Å². The van der Waals surface area contributed by atoms with E-state index in [2.05, 4.69) is 4.74 Å². The average molecular weight is 344 g/mol. The molecular weight excluding hydrogens is 324 g/mol. The predicted octanol–water partition coefficient (Wildman–Crippen LogP) is 5.13. The van der Waals surface area contributed by atoms with Gasteiger partial charge in [0.25, 0.3) is 5.92 Å². The minimum absolute atomic E-state index is 0.0652. The fourth-order valence-corrected chi connectivity index (χ4v) is 2.91. The van der Waals surface area contributed by atoms with Crippen LogP contribution in [0.1, 0.15) is 39.5 Å². The maximum atomic E-state index is 13.5. The molecule has 0 amide bonds. The number of carbonyl (C=O) groups excluding carboxylic acids is 1. The highest BCUT2D eigenvalue weighted by Gasteiger charge is 2.30. The molecular formula is C18H20F4O2. The maximum absolute atomic E-state index is 13.5. The number of hydrogen-bond acceptors (Lipinski definition) is 2. The number of rotatable bonds is 6. The molecule has 1 unspecified atom stereocenters. The van der Waals surface area contributed by atoms with Gasteiger partial charge < -0.3 is 4.74 Å². The van der Waals surface area contributed by atoms with Crippen LogP contribution in [-0.4, -0.2) is 24.4 Å². The Kier molecular flexibility index (Phi) is 5.48. The number of carbonyl (C=O) groups is 1. The van der Waals surface area contributed by atoms with Gasteiger partial charge in [-0.3, -0.25) is 4.79 Å². The van der Waals surface area contributed by atoms with Crippen LogP contribution in [-0.2, 0) is 9.53 Å². The largest absolute Gasteiger partial charge is 0.353 e. The number of hydrogen-bond donors (Lipinski definition) is 0. The molecule has 0 aromatic heterocycles. The van der Waals surface area contributed by atoms with Crippen molar-refractivity contribution in [2.45, 2.75) is 57.7 Å². The molecule has 2 aliphatic carbocycles. The SMILES string of the molecule is CC(F)(F)OC1C=C(C=O)C=C(CC2=CCCC(C(C)(F)F)=C2)C1. The van der Waals surface area contributed by atoms with Crippen LogP contribution in [0.5, 0.6) is 0 Å². The molecule has 0 aliphatic heterocycles. The predicted molar refractivity (Wildman–Crippen MR) is 83.0 cm³/mol. The Balaban J connectivity index is 2.13. The number of ether oxygens (including phenoxy) is 1. The third-order valence-corrected chi connectivity index (χ3v) is 3.88. The lowest BCUT2D eigenvalue weighted by Gasteiger charge is -2.25. The summed E-state index contributed by atoms with van der Waals surface area (Å²) in [4.78, 5) is 11.0. The summed E-state index contributed by atoms with van der Waals surface area (Å²) >= 11 is 0. The molecule has 0 N–H and O–H groups in total. The van der Waals surface area contributed by atoms with Gasteiger partial charge in [0.2, 0.25) is 0 Å². The molecule has 0 spiro atoms.